The number of amides is 1. The number of benzene rings is 1. The highest BCUT2D eigenvalue weighted by atomic mass is 16.5. The van der Waals surface area contributed by atoms with E-state index in [9.17, 15) is 4.79 Å². The van der Waals surface area contributed by atoms with Crippen LogP contribution in [0.4, 0.5) is 0 Å². The van der Waals surface area contributed by atoms with Crippen molar-refractivity contribution in [1.29, 1.82) is 0 Å². The van der Waals surface area contributed by atoms with E-state index >= 15 is 0 Å². The van der Waals surface area contributed by atoms with Crippen LogP contribution in [0, 0.1) is 0 Å². The minimum Gasteiger partial charge on any atom is -0.494 e. The molecule has 0 saturated carbocycles. The van der Waals surface area contributed by atoms with Gasteiger partial charge in [0.25, 0.3) is 5.91 Å². The van der Waals surface area contributed by atoms with Crippen LogP contribution >= 0.6 is 0 Å². The lowest BCUT2D eigenvalue weighted by Crippen LogP contribution is -2.29. The molecule has 0 saturated heterocycles. The summed E-state index contributed by atoms with van der Waals surface area (Å²) < 4.78 is 16.3. The van der Waals surface area contributed by atoms with Crippen molar-refractivity contribution in [1.82, 2.24) is 5.43 Å². The van der Waals surface area contributed by atoms with Crippen LogP contribution in [0.5, 0.6) is 11.5 Å². The Kier molecular flexibility index (Phi) is 5.22. The van der Waals surface area contributed by atoms with Crippen molar-refractivity contribution in [3.63, 3.8) is 0 Å². The summed E-state index contributed by atoms with van der Waals surface area (Å²) in [6, 6.07) is 8.92. The van der Waals surface area contributed by atoms with E-state index in [-0.39, 0.29) is 6.61 Å². The summed E-state index contributed by atoms with van der Waals surface area (Å²) >= 11 is 0. The van der Waals surface area contributed by atoms with Gasteiger partial charge in [0, 0.05) is 0 Å². The molecule has 0 bridgehead atoms. The van der Waals surface area contributed by atoms with Crippen molar-refractivity contribution in [2.75, 3.05) is 6.61 Å². The molecule has 1 aromatic heterocycles. The molecule has 0 radical (unpaired) electrons. The van der Waals surface area contributed by atoms with E-state index in [4.69, 9.17) is 19.7 Å². The van der Waals surface area contributed by atoms with Crippen LogP contribution in [0.1, 0.15) is 29.5 Å². The summed E-state index contributed by atoms with van der Waals surface area (Å²) in [5.74, 6) is 6.69. The highest BCUT2D eigenvalue weighted by Gasteiger charge is 2.09. The molecule has 112 valence electrons. The van der Waals surface area contributed by atoms with Gasteiger partial charge < -0.3 is 13.9 Å². The number of rotatable bonds is 7. The number of nitrogens with two attached hydrogens (primary N) is 1. The number of carbonyl (C=O) groups excluding carboxylic acids is 1. The minimum atomic E-state index is -0.401. The molecule has 0 atom stereocenters. The Hall–Kier alpha value is -2.47. The number of hydrogen-bond acceptors (Lipinski definition) is 5. The summed E-state index contributed by atoms with van der Waals surface area (Å²) in [5, 5.41) is 0. The van der Waals surface area contributed by atoms with Gasteiger partial charge >= 0.3 is 0 Å². The van der Waals surface area contributed by atoms with E-state index in [0.717, 1.165) is 12.2 Å². The van der Waals surface area contributed by atoms with E-state index in [0.29, 0.717) is 23.7 Å². The fourth-order valence-electron chi connectivity index (χ4n) is 1.67. The van der Waals surface area contributed by atoms with Crippen molar-refractivity contribution < 1.29 is 18.7 Å². The number of hydrogen-bond donors (Lipinski definition) is 2. The Balaban J connectivity index is 1.87. The van der Waals surface area contributed by atoms with Crippen molar-refractivity contribution >= 4 is 5.91 Å². The quantitative estimate of drug-likeness (QED) is 0.464. The summed E-state index contributed by atoms with van der Waals surface area (Å²) in [5.41, 5.74) is 2.40. The van der Waals surface area contributed by atoms with E-state index in [1.54, 1.807) is 6.07 Å². The summed E-state index contributed by atoms with van der Waals surface area (Å²) in [6.07, 6.45) is 2.30. The minimum absolute atomic E-state index is 0.229. The number of carbonyl (C=O) groups is 1. The third-order valence-corrected chi connectivity index (χ3v) is 2.72. The molecule has 0 fully saturated rings. The third kappa shape index (κ3) is 4.25. The molecular weight excluding hydrogens is 272 g/mol. The maximum atomic E-state index is 11.3. The molecule has 0 aliphatic rings. The largest absolute Gasteiger partial charge is 0.494 e. The lowest BCUT2D eigenvalue weighted by Gasteiger charge is -2.07. The van der Waals surface area contributed by atoms with E-state index < -0.39 is 5.91 Å². The highest BCUT2D eigenvalue weighted by Crippen LogP contribution is 2.19. The van der Waals surface area contributed by atoms with Gasteiger partial charge in [-0.2, -0.15) is 0 Å². The Labute approximate surface area is 122 Å². The normalized spacial score (nSPS) is 10.2. The summed E-state index contributed by atoms with van der Waals surface area (Å²) in [6.45, 7) is 2.98. The second kappa shape index (κ2) is 7.35. The first-order valence-corrected chi connectivity index (χ1v) is 6.67. The van der Waals surface area contributed by atoms with Crippen LogP contribution in [0.2, 0.25) is 0 Å². The first kappa shape index (κ1) is 14.9. The Morgan fingerprint density at radius 3 is 2.52 bits per heavy atom. The van der Waals surface area contributed by atoms with Crippen LogP contribution in [0.3, 0.4) is 0 Å². The number of furan rings is 1. The zero-order valence-electron chi connectivity index (χ0n) is 11.8. The molecule has 0 aliphatic heterocycles. The monoisotopic (exact) mass is 290 g/mol. The molecule has 2 rings (SSSR count). The Bertz CT molecular complexity index is 578. The van der Waals surface area contributed by atoms with Gasteiger partial charge in [-0.05, 0) is 36.8 Å². The lowest BCUT2D eigenvalue weighted by molar-refractivity contribution is 0.0953. The van der Waals surface area contributed by atoms with Gasteiger partial charge in [-0.25, -0.2) is 5.84 Å². The van der Waals surface area contributed by atoms with Crippen molar-refractivity contribution in [2.24, 2.45) is 5.84 Å². The molecule has 3 N–H and O–H groups in total. The average molecular weight is 290 g/mol. The summed E-state index contributed by atoms with van der Waals surface area (Å²) in [4.78, 5) is 11.3. The number of ether oxygens (including phenoxy) is 2. The summed E-state index contributed by atoms with van der Waals surface area (Å²) in [7, 11) is 0. The topological polar surface area (TPSA) is 86.7 Å². The first-order chi connectivity index (χ1) is 10.2. The van der Waals surface area contributed by atoms with Gasteiger partial charge in [0.1, 0.15) is 30.1 Å². The number of hydrazine groups is 1. The second-order valence-electron chi connectivity index (χ2n) is 4.38. The molecule has 2 aromatic rings. The van der Waals surface area contributed by atoms with Crippen LogP contribution in [0.25, 0.3) is 0 Å². The van der Waals surface area contributed by atoms with Gasteiger partial charge in [0.2, 0.25) is 0 Å². The zero-order valence-corrected chi connectivity index (χ0v) is 11.8. The molecule has 6 heteroatoms. The van der Waals surface area contributed by atoms with Gasteiger partial charge in [-0.1, -0.05) is 6.92 Å². The first-order valence-electron chi connectivity index (χ1n) is 6.67. The molecule has 6 nitrogen and oxygen atoms in total. The maximum absolute atomic E-state index is 11.3. The Morgan fingerprint density at radius 1 is 1.24 bits per heavy atom. The SMILES string of the molecule is CCCOc1ccc(OCc2cc(C(=O)NN)co2)cc1. The molecule has 1 amide bonds. The number of nitrogens with one attached hydrogen (secondary N) is 1. The molecule has 0 unspecified atom stereocenters. The van der Waals surface area contributed by atoms with Crippen LogP contribution in [0.15, 0.2) is 41.0 Å². The van der Waals surface area contributed by atoms with Crippen molar-refractivity contribution in [3.05, 3.63) is 47.9 Å². The fourth-order valence-corrected chi connectivity index (χ4v) is 1.67. The lowest BCUT2D eigenvalue weighted by atomic mass is 10.3. The van der Waals surface area contributed by atoms with E-state index in [2.05, 4.69) is 6.92 Å². The maximum Gasteiger partial charge on any atom is 0.268 e. The van der Waals surface area contributed by atoms with Gasteiger partial charge in [-0.15, -0.1) is 0 Å². The second-order valence-corrected chi connectivity index (χ2v) is 4.38. The van der Waals surface area contributed by atoms with Gasteiger partial charge in [-0.3, -0.25) is 10.2 Å². The fraction of sp³-hybridized carbons (Fsp3) is 0.267. The molecule has 1 aromatic carbocycles. The highest BCUT2D eigenvalue weighted by molar-refractivity contribution is 5.93. The molecule has 0 aliphatic carbocycles. The van der Waals surface area contributed by atoms with E-state index in [1.165, 1.54) is 6.26 Å². The molecule has 0 spiro atoms. The predicted molar refractivity (Wildman–Crippen MR) is 76.9 cm³/mol. The van der Waals surface area contributed by atoms with Crippen molar-refractivity contribution in [2.45, 2.75) is 20.0 Å². The van der Waals surface area contributed by atoms with E-state index in [1.807, 2.05) is 29.7 Å². The zero-order chi connectivity index (χ0) is 15.1. The van der Waals surface area contributed by atoms with Crippen LogP contribution in [-0.2, 0) is 6.61 Å². The Morgan fingerprint density at radius 2 is 1.90 bits per heavy atom. The van der Waals surface area contributed by atoms with Gasteiger partial charge in [0.15, 0.2) is 0 Å². The van der Waals surface area contributed by atoms with Crippen molar-refractivity contribution in [3.8, 4) is 11.5 Å². The predicted octanol–water partition coefficient (Wildman–Crippen LogP) is 2.25. The molecule has 1 heterocycles. The molecular formula is C15H18N2O4. The number of nitrogen functional groups attached to an aromatic ring is 1. The third-order valence-electron chi connectivity index (χ3n) is 2.72. The average Bonchev–Trinajstić information content (AvgIpc) is 3.00. The van der Waals surface area contributed by atoms with Gasteiger partial charge in [0.05, 0.1) is 12.2 Å². The van der Waals surface area contributed by atoms with Crippen LogP contribution in [-0.4, -0.2) is 12.5 Å². The van der Waals surface area contributed by atoms with Crippen LogP contribution < -0.4 is 20.7 Å². The smallest absolute Gasteiger partial charge is 0.268 e. The molecule has 21 heavy (non-hydrogen) atoms. The standard InChI is InChI=1S/C15H18N2O4/c1-2-7-19-12-3-5-13(6-4-12)21-10-14-8-11(9-20-14)15(18)17-16/h3-6,8-9H,2,7,10,16H2,1H3,(H,17,18).